The summed E-state index contributed by atoms with van der Waals surface area (Å²) in [5.41, 5.74) is 3.10. The molecule has 3 aromatic heterocycles. The van der Waals surface area contributed by atoms with Crippen LogP contribution in [-0.2, 0) is 11.2 Å². The lowest BCUT2D eigenvalue weighted by Gasteiger charge is -2.08. The Hall–Kier alpha value is -2.94. The molecule has 0 atom stereocenters. The van der Waals surface area contributed by atoms with Gasteiger partial charge in [-0.1, -0.05) is 61.1 Å². The molecule has 0 saturated carbocycles. The molecule has 0 fully saturated rings. The van der Waals surface area contributed by atoms with Crippen LogP contribution in [0.1, 0.15) is 25.2 Å². The summed E-state index contributed by atoms with van der Waals surface area (Å²) in [5, 5.41) is 3.78. The van der Waals surface area contributed by atoms with E-state index in [1.807, 2.05) is 75.4 Å². The number of aromatic nitrogens is 3. The number of amides is 1. The standard InChI is InChI=1S/C22H18ClN5OS2.C2H6/c1-14-20(30-22(26-14)27-19(29)12-16-7-5-6-10-24-16)15-11-18(21(23)25-13-15)28-31-17-8-3-2-4-9-17;1-2/h2-11,13,28H,12H2,1H3,(H,26,27,29);1-2H3. The maximum Gasteiger partial charge on any atom is 0.232 e. The molecule has 33 heavy (non-hydrogen) atoms. The highest BCUT2D eigenvalue weighted by atomic mass is 35.5. The van der Waals surface area contributed by atoms with Crippen LogP contribution in [0.25, 0.3) is 10.4 Å². The average Bonchev–Trinajstić information content (AvgIpc) is 3.20. The van der Waals surface area contributed by atoms with Crippen LogP contribution in [0.3, 0.4) is 0 Å². The van der Waals surface area contributed by atoms with Crippen molar-refractivity contribution in [2.75, 3.05) is 10.0 Å². The first kappa shape index (κ1) is 24.7. The third kappa shape index (κ3) is 7.02. The Balaban J connectivity index is 0.00000149. The molecule has 0 bridgehead atoms. The molecule has 6 nitrogen and oxygen atoms in total. The van der Waals surface area contributed by atoms with Crippen LogP contribution in [0.15, 0.2) is 71.9 Å². The Morgan fingerprint density at radius 3 is 2.58 bits per heavy atom. The van der Waals surface area contributed by atoms with Gasteiger partial charge in [-0.3, -0.25) is 9.78 Å². The summed E-state index contributed by atoms with van der Waals surface area (Å²) < 4.78 is 3.25. The fourth-order valence-corrected chi connectivity index (χ4v) is 4.64. The van der Waals surface area contributed by atoms with E-state index in [1.54, 1.807) is 12.4 Å². The molecule has 9 heteroatoms. The zero-order valence-electron chi connectivity index (χ0n) is 18.5. The number of thiazole rings is 1. The topological polar surface area (TPSA) is 79.8 Å². The van der Waals surface area contributed by atoms with Gasteiger partial charge in [0.25, 0.3) is 0 Å². The van der Waals surface area contributed by atoms with E-state index in [9.17, 15) is 4.79 Å². The lowest BCUT2D eigenvalue weighted by Crippen LogP contribution is -2.14. The number of halogens is 1. The van der Waals surface area contributed by atoms with Crippen LogP contribution >= 0.6 is 34.9 Å². The molecule has 0 spiro atoms. The van der Waals surface area contributed by atoms with Gasteiger partial charge in [0, 0.05) is 28.5 Å². The molecule has 3 heterocycles. The van der Waals surface area contributed by atoms with Crippen molar-refractivity contribution in [1.29, 1.82) is 0 Å². The predicted octanol–water partition coefficient (Wildman–Crippen LogP) is 6.89. The van der Waals surface area contributed by atoms with E-state index in [2.05, 4.69) is 25.0 Å². The first-order chi connectivity index (χ1) is 16.1. The fraction of sp³-hybridized carbons (Fsp3) is 0.167. The van der Waals surface area contributed by atoms with Crippen molar-refractivity contribution in [3.05, 3.63) is 83.5 Å². The van der Waals surface area contributed by atoms with E-state index in [1.165, 1.54) is 23.3 Å². The number of rotatable bonds is 7. The molecule has 1 aromatic carbocycles. The molecule has 2 N–H and O–H groups in total. The minimum absolute atomic E-state index is 0.158. The summed E-state index contributed by atoms with van der Waals surface area (Å²) in [6.07, 6.45) is 3.58. The Bertz CT molecular complexity index is 1190. The number of nitrogens with zero attached hydrogens (tertiary/aromatic N) is 3. The number of aryl methyl sites for hydroxylation is 1. The Kier molecular flexibility index (Phi) is 9.24. The van der Waals surface area contributed by atoms with Gasteiger partial charge in [0.2, 0.25) is 5.91 Å². The Labute approximate surface area is 207 Å². The minimum atomic E-state index is -0.158. The molecular weight excluding hydrogens is 474 g/mol. The number of hydrogen-bond acceptors (Lipinski definition) is 7. The molecule has 1 amide bonds. The first-order valence-corrected chi connectivity index (χ1v) is 12.4. The van der Waals surface area contributed by atoms with Crippen molar-refractivity contribution in [2.24, 2.45) is 0 Å². The number of nitrogens with one attached hydrogen (secondary N) is 2. The van der Waals surface area contributed by atoms with Crippen molar-refractivity contribution in [3.8, 4) is 10.4 Å². The zero-order chi connectivity index (χ0) is 23.6. The third-order valence-electron chi connectivity index (χ3n) is 4.23. The van der Waals surface area contributed by atoms with E-state index < -0.39 is 0 Å². The van der Waals surface area contributed by atoms with E-state index in [4.69, 9.17) is 11.6 Å². The number of benzene rings is 1. The maximum atomic E-state index is 12.3. The van der Waals surface area contributed by atoms with E-state index in [0.717, 1.165) is 21.0 Å². The SMILES string of the molecule is CC.Cc1nc(NC(=O)Cc2ccccn2)sc1-c1cnc(Cl)c(NSc2ccccc2)c1. The van der Waals surface area contributed by atoms with Crippen molar-refractivity contribution in [2.45, 2.75) is 32.1 Å². The third-order valence-corrected chi connectivity index (χ3v) is 6.49. The number of pyridine rings is 2. The quantitative estimate of drug-likeness (QED) is 0.214. The first-order valence-electron chi connectivity index (χ1n) is 10.4. The molecule has 0 aliphatic carbocycles. The van der Waals surface area contributed by atoms with Crippen LogP contribution in [0.2, 0.25) is 5.15 Å². The molecule has 0 saturated heterocycles. The van der Waals surface area contributed by atoms with Gasteiger partial charge in [0.1, 0.15) is 0 Å². The van der Waals surface area contributed by atoms with Gasteiger partial charge in [-0.2, -0.15) is 0 Å². The number of anilines is 2. The van der Waals surface area contributed by atoms with Crippen molar-refractivity contribution in [1.82, 2.24) is 15.0 Å². The molecule has 4 aromatic rings. The van der Waals surface area contributed by atoms with Crippen LogP contribution < -0.4 is 10.0 Å². The Morgan fingerprint density at radius 1 is 1.09 bits per heavy atom. The van der Waals surface area contributed by atoms with E-state index >= 15 is 0 Å². The van der Waals surface area contributed by atoms with Gasteiger partial charge in [-0.15, -0.1) is 0 Å². The summed E-state index contributed by atoms with van der Waals surface area (Å²) in [6, 6.07) is 17.4. The lowest BCUT2D eigenvalue weighted by molar-refractivity contribution is -0.115. The summed E-state index contributed by atoms with van der Waals surface area (Å²) in [4.78, 5) is 27.3. The van der Waals surface area contributed by atoms with Crippen LogP contribution in [0, 0.1) is 6.92 Å². The van der Waals surface area contributed by atoms with Gasteiger partial charge in [0.15, 0.2) is 10.3 Å². The largest absolute Gasteiger partial charge is 0.323 e. The minimum Gasteiger partial charge on any atom is -0.323 e. The Morgan fingerprint density at radius 2 is 1.85 bits per heavy atom. The zero-order valence-corrected chi connectivity index (χ0v) is 20.9. The normalized spacial score (nSPS) is 10.2. The highest BCUT2D eigenvalue weighted by molar-refractivity contribution is 8.00. The van der Waals surface area contributed by atoms with Crippen molar-refractivity contribution >= 4 is 51.6 Å². The molecular formula is C24H24ClN5OS2. The number of carbonyl (C=O) groups is 1. The molecule has 0 radical (unpaired) electrons. The predicted molar refractivity (Wildman–Crippen MR) is 139 cm³/mol. The average molecular weight is 498 g/mol. The summed E-state index contributed by atoms with van der Waals surface area (Å²) in [7, 11) is 0. The second kappa shape index (κ2) is 12.3. The van der Waals surface area contributed by atoms with Crippen molar-refractivity contribution < 1.29 is 4.79 Å². The number of carbonyl (C=O) groups excluding carboxylic acids is 1. The maximum absolute atomic E-state index is 12.3. The number of hydrogen-bond donors (Lipinski definition) is 2. The highest BCUT2D eigenvalue weighted by Crippen LogP contribution is 2.36. The monoisotopic (exact) mass is 497 g/mol. The fourth-order valence-electron chi connectivity index (χ4n) is 2.79. The van der Waals surface area contributed by atoms with Crippen molar-refractivity contribution in [3.63, 3.8) is 0 Å². The van der Waals surface area contributed by atoms with Gasteiger partial charge < -0.3 is 10.0 Å². The van der Waals surface area contributed by atoms with E-state index in [-0.39, 0.29) is 12.3 Å². The van der Waals surface area contributed by atoms with Gasteiger partial charge in [-0.05, 0) is 49.2 Å². The molecule has 0 aliphatic heterocycles. The summed E-state index contributed by atoms with van der Waals surface area (Å²) >= 11 is 9.14. The van der Waals surface area contributed by atoms with Gasteiger partial charge >= 0.3 is 0 Å². The summed E-state index contributed by atoms with van der Waals surface area (Å²) in [5.74, 6) is -0.158. The molecule has 170 valence electrons. The van der Waals surface area contributed by atoms with Crippen LogP contribution in [-0.4, -0.2) is 20.9 Å². The second-order valence-electron chi connectivity index (χ2n) is 6.56. The second-order valence-corrected chi connectivity index (χ2v) is 8.80. The molecule has 4 rings (SSSR count). The van der Waals surface area contributed by atoms with Gasteiger partial charge in [0.05, 0.1) is 22.7 Å². The highest BCUT2D eigenvalue weighted by Gasteiger charge is 2.15. The van der Waals surface area contributed by atoms with Crippen LogP contribution in [0.4, 0.5) is 10.8 Å². The molecule has 0 unspecified atom stereocenters. The molecule has 0 aliphatic rings. The van der Waals surface area contributed by atoms with Crippen LogP contribution in [0.5, 0.6) is 0 Å². The smallest absolute Gasteiger partial charge is 0.232 e. The van der Waals surface area contributed by atoms with Gasteiger partial charge in [-0.25, -0.2) is 9.97 Å². The summed E-state index contributed by atoms with van der Waals surface area (Å²) in [6.45, 7) is 5.90. The van der Waals surface area contributed by atoms with E-state index in [0.29, 0.717) is 21.7 Å². The lowest BCUT2D eigenvalue weighted by atomic mass is 10.2.